The highest BCUT2D eigenvalue weighted by Gasteiger charge is 2.62. The summed E-state index contributed by atoms with van der Waals surface area (Å²) < 4.78 is 28.9. The van der Waals surface area contributed by atoms with E-state index in [-0.39, 0.29) is 6.54 Å². The zero-order valence-electron chi connectivity index (χ0n) is 13.5. The summed E-state index contributed by atoms with van der Waals surface area (Å²) in [7, 11) is 0. The van der Waals surface area contributed by atoms with Crippen LogP contribution >= 0.6 is 0 Å². The smallest absolute Gasteiger partial charge is 0.252 e. The lowest BCUT2D eigenvalue weighted by Crippen LogP contribution is -2.59. The third kappa shape index (κ3) is 3.20. The number of rotatable bonds is 3. The minimum Gasteiger partial charge on any atom is -0.368 e. The number of hydrogen-bond donors (Lipinski definition) is 2. The van der Waals surface area contributed by atoms with Crippen molar-refractivity contribution in [2.45, 2.75) is 70.0 Å². The Bertz CT molecular complexity index is 521. The number of amides is 2. The molecule has 0 radical (unpaired) electrons. The summed E-state index contributed by atoms with van der Waals surface area (Å²) in [5.41, 5.74) is 5.05. The van der Waals surface area contributed by atoms with Gasteiger partial charge in [0.1, 0.15) is 18.3 Å². The van der Waals surface area contributed by atoms with Crippen molar-refractivity contribution < 1.29 is 33.3 Å². The number of nitrogens with one attached hydrogen (secondary N) is 1. The summed E-state index contributed by atoms with van der Waals surface area (Å²) in [4.78, 5) is 23.2. The molecule has 3 rings (SSSR count). The molecule has 0 saturated carbocycles. The molecule has 0 aromatic carbocycles. The minimum absolute atomic E-state index is 0.280. The summed E-state index contributed by atoms with van der Waals surface area (Å²) in [6.45, 7) is 6.73. The molecule has 23 heavy (non-hydrogen) atoms. The zero-order valence-corrected chi connectivity index (χ0v) is 13.5. The molecule has 0 bridgehead atoms. The van der Waals surface area contributed by atoms with Crippen molar-refractivity contribution in [2.75, 3.05) is 6.54 Å². The predicted molar refractivity (Wildman–Crippen MR) is 74.7 cm³/mol. The summed E-state index contributed by atoms with van der Waals surface area (Å²) in [5, 5.41) is 2.42. The molecule has 3 heterocycles. The Kier molecular flexibility index (Phi) is 3.88. The van der Waals surface area contributed by atoms with Crippen molar-refractivity contribution in [1.29, 1.82) is 0 Å². The van der Waals surface area contributed by atoms with E-state index in [0.717, 1.165) is 0 Å². The van der Waals surface area contributed by atoms with Crippen LogP contribution < -0.4 is 11.1 Å². The van der Waals surface area contributed by atoms with E-state index in [1.54, 1.807) is 27.7 Å². The Morgan fingerprint density at radius 2 is 1.52 bits per heavy atom. The number of ether oxygens (including phenoxy) is 5. The topological polar surface area (TPSA) is 118 Å². The van der Waals surface area contributed by atoms with Gasteiger partial charge in [-0.05, 0) is 27.7 Å². The van der Waals surface area contributed by atoms with Gasteiger partial charge >= 0.3 is 0 Å². The molecule has 130 valence electrons. The first-order valence-corrected chi connectivity index (χ1v) is 7.51. The molecule has 2 amide bonds. The Hall–Kier alpha value is -1.26. The van der Waals surface area contributed by atoms with Crippen molar-refractivity contribution in [1.82, 2.24) is 5.32 Å². The first-order chi connectivity index (χ1) is 10.6. The predicted octanol–water partition coefficient (Wildman–Crippen LogP) is -1.02. The molecular formula is C14H22N2O7. The fraction of sp³-hybridized carbons (Fsp3) is 0.857. The van der Waals surface area contributed by atoms with Gasteiger partial charge in [-0.25, -0.2) is 0 Å². The van der Waals surface area contributed by atoms with Crippen LogP contribution in [0.15, 0.2) is 0 Å². The van der Waals surface area contributed by atoms with Gasteiger partial charge in [-0.15, -0.1) is 0 Å². The lowest BCUT2D eigenvalue weighted by molar-refractivity contribution is -0.231. The highest BCUT2D eigenvalue weighted by molar-refractivity contribution is 5.86. The van der Waals surface area contributed by atoms with Gasteiger partial charge in [0.05, 0.1) is 6.54 Å². The number of carbonyl (C=O) groups is 2. The Balaban J connectivity index is 1.81. The standard InChI is InChI=1S/C14H22N2O7/c1-13(2)20-7-8(21-13)10-12(23-14(3,4)22-10)19-9(7)11(18)16-5-6(15)17/h7-10,12H,5H2,1-4H3,(H2,15,17)(H,16,18)/t7-,8+,9+,10+,12-/m0/s1. The molecule has 9 heteroatoms. The van der Waals surface area contributed by atoms with Gasteiger partial charge in [-0.3, -0.25) is 9.59 Å². The van der Waals surface area contributed by atoms with Crippen LogP contribution in [0.25, 0.3) is 0 Å². The van der Waals surface area contributed by atoms with Crippen LogP contribution in [-0.4, -0.2) is 60.6 Å². The summed E-state index contributed by atoms with van der Waals surface area (Å²) >= 11 is 0. The second kappa shape index (κ2) is 5.38. The highest BCUT2D eigenvalue weighted by atomic mass is 16.9. The lowest BCUT2D eigenvalue weighted by Gasteiger charge is -2.36. The molecule has 3 saturated heterocycles. The van der Waals surface area contributed by atoms with Crippen molar-refractivity contribution in [3.8, 4) is 0 Å². The highest BCUT2D eigenvalue weighted by Crippen LogP contribution is 2.44. The van der Waals surface area contributed by atoms with Crippen molar-refractivity contribution in [3.05, 3.63) is 0 Å². The van der Waals surface area contributed by atoms with Gasteiger partial charge in [0.15, 0.2) is 24.0 Å². The van der Waals surface area contributed by atoms with Crippen LogP contribution in [0.3, 0.4) is 0 Å². The average Bonchev–Trinajstić information content (AvgIpc) is 2.89. The molecule has 0 aromatic rings. The van der Waals surface area contributed by atoms with Gasteiger partial charge in [0, 0.05) is 0 Å². The molecule has 3 N–H and O–H groups in total. The van der Waals surface area contributed by atoms with Gasteiger partial charge in [0.25, 0.3) is 5.91 Å². The second-order valence-corrected chi connectivity index (χ2v) is 6.77. The molecule has 5 atom stereocenters. The molecule has 0 aromatic heterocycles. The SMILES string of the molecule is CC1(C)O[C@@H]2O[C@@H](C(=O)NCC(N)=O)[C@H]3OC(C)(C)O[C@H]3[C@H]2O1. The molecule has 3 fully saturated rings. The van der Waals surface area contributed by atoms with Crippen LogP contribution in [0, 0.1) is 0 Å². The van der Waals surface area contributed by atoms with Crippen LogP contribution in [0.2, 0.25) is 0 Å². The molecule has 0 spiro atoms. The molecule has 0 unspecified atom stereocenters. The zero-order chi connectivity index (χ0) is 17.0. The van der Waals surface area contributed by atoms with E-state index in [2.05, 4.69) is 5.32 Å². The van der Waals surface area contributed by atoms with E-state index >= 15 is 0 Å². The van der Waals surface area contributed by atoms with Gasteiger partial charge in [-0.2, -0.15) is 0 Å². The minimum atomic E-state index is -0.986. The van der Waals surface area contributed by atoms with Gasteiger partial charge in [0.2, 0.25) is 5.91 Å². The molecule has 3 aliphatic rings. The van der Waals surface area contributed by atoms with Gasteiger partial charge < -0.3 is 34.7 Å². The average molecular weight is 330 g/mol. The number of fused-ring (bicyclic) bond motifs is 3. The van der Waals surface area contributed by atoms with Crippen LogP contribution in [-0.2, 0) is 33.3 Å². The third-order valence-corrected chi connectivity index (χ3v) is 3.85. The molecule has 3 aliphatic heterocycles. The van der Waals surface area contributed by atoms with Gasteiger partial charge in [-0.1, -0.05) is 0 Å². The quantitative estimate of drug-likeness (QED) is 0.680. The summed E-state index contributed by atoms with van der Waals surface area (Å²) in [6, 6.07) is 0. The van der Waals surface area contributed by atoms with Crippen molar-refractivity contribution in [3.63, 3.8) is 0 Å². The van der Waals surface area contributed by atoms with Crippen LogP contribution in [0.4, 0.5) is 0 Å². The Morgan fingerprint density at radius 1 is 0.957 bits per heavy atom. The number of primary amides is 1. The fourth-order valence-electron chi connectivity index (χ4n) is 3.10. The van der Waals surface area contributed by atoms with Crippen molar-refractivity contribution in [2.24, 2.45) is 5.73 Å². The molecular weight excluding hydrogens is 308 g/mol. The lowest BCUT2D eigenvalue weighted by atomic mass is 9.98. The normalized spacial score (nSPS) is 40.3. The van der Waals surface area contributed by atoms with E-state index in [4.69, 9.17) is 29.4 Å². The first kappa shape index (κ1) is 16.6. The van der Waals surface area contributed by atoms with Crippen LogP contribution in [0.5, 0.6) is 0 Å². The van der Waals surface area contributed by atoms with E-state index in [0.29, 0.717) is 0 Å². The van der Waals surface area contributed by atoms with E-state index in [1.165, 1.54) is 0 Å². The van der Waals surface area contributed by atoms with E-state index in [1.807, 2.05) is 0 Å². The van der Waals surface area contributed by atoms with Crippen molar-refractivity contribution >= 4 is 11.8 Å². The molecule has 9 nitrogen and oxygen atoms in total. The maximum absolute atomic E-state index is 12.3. The number of hydrogen-bond acceptors (Lipinski definition) is 7. The Labute approximate surface area is 133 Å². The molecule has 0 aliphatic carbocycles. The first-order valence-electron chi connectivity index (χ1n) is 7.51. The summed E-state index contributed by atoms with van der Waals surface area (Å²) in [6.07, 6.45) is -3.43. The fourth-order valence-corrected chi connectivity index (χ4v) is 3.10. The van der Waals surface area contributed by atoms with E-state index in [9.17, 15) is 9.59 Å². The third-order valence-electron chi connectivity index (χ3n) is 3.85. The monoisotopic (exact) mass is 330 g/mol. The van der Waals surface area contributed by atoms with E-state index < -0.39 is 54.1 Å². The maximum atomic E-state index is 12.3. The summed E-state index contributed by atoms with van der Waals surface area (Å²) in [5.74, 6) is -2.89. The maximum Gasteiger partial charge on any atom is 0.252 e. The Morgan fingerprint density at radius 3 is 2.17 bits per heavy atom. The second-order valence-electron chi connectivity index (χ2n) is 6.77. The largest absolute Gasteiger partial charge is 0.368 e. The number of carbonyl (C=O) groups excluding carboxylic acids is 2. The number of nitrogens with two attached hydrogens (primary N) is 1. The van der Waals surface area contributed by atoms with Crippen LogP contribution in [0.1, 0.15) is 27.7 Å².